The van der Waals surface area contributed by atoms with Crippen molar-refractivity contribution in [1.29, 1.82) is 0 Å². The molecular formula is C14H24N4. The predicted octanol–water partition coefficient (Wildman–Crippen LogP) is 2.23. The van der Waals surface area contributed by atoms with Gasteiger partial charge in [0.05, 0.1) is 6.20 Å². The summed E-state index contributed by atoms with van der Waals surface area (Å²) in [6, 6.07) is 0.273. The standard InChI is InChI=1S/C14H24N4/c1-2-18-9-13(8-16-18)14(17-15)7-12-6-10-3-4-11(12)5-10/h8-12,14,17H,2-7,15H2,1H3. The maximum Gasteiger partial charge on any atom is 0.0538 e. The largest absolute Gasteiger partial charge is 0.273 e. The number of nitrogens with one attached hydrogen (secondary N) is 1. The number of nitrogens with two attached hydrogens (primary N) is 1. The summed E-state index contributed by atoms with van der Waals surface area (Å²) in [5.41, 5.74) is 4.23. The Kier molecular flexibility index (Phi) is 3.39. The highest BCUT2D eigenvalue weighted by molar-refractivity contribution is 5.11. The van der Waals surface area contributed by atoms with Crippen LogP contribution < -0.4 is 11.3 Å². The van der Waals surface area contributed by atoms with Crippen LogP contribution in [-0.2, 0) is 6.54 Å². The number of hydrogen-bond donors (Lipinski definition) is 2. The van der Waals surface area contributed by atoms with Crippen LogP contribution in [0.25, 0.3) is 0 Å². The quantitative estimate of drug-likeness (QED) is 0.620. The van der Waals surface area contributed by atoms with Crippen LogP contribution in [0.4, 0.5) is 0 Å². The number of hydrogen-bond acceptors (Lipinski definition) is 3. The molecule has 2 aliphatic rings. The van der Waals surface area contributed by atoms with E-state index in [2.05, 4.69) is 23.6 Å². The Morgan fingerprint density at radius 2 is 2.39 bits per heavy atom. The summed E-state index contributed by atoms with van der Waals surface area (Å²) in [4.78, 5) is 0. The van der Waals surface area contributed by atoms with Crippen molar-refractivity contribution >= 4 is 0 Å². The topological polar surface area (TPSA) is 55.9 Å². The Morgan fingerprint density at radius 1 is 1.50 bits per heavy atom. The first-order chi connectivity index (χ1) is 8.80. The zero-order valence-corrected chi connectivity index (χ0v) is 11.2. The summed E-state index contributed by atoms with van der Waals surface area (Å²) < 4.78 is 1.97. The van der Waals surface area contributed by atoms with Gasteiger partial charge in [-0.1, -0.05) is 6.42 Å². The number of hydrazine groups is 1. The average Bonchev–Trinajstić information content (AvgIpc) is 3.10. The first-order valence-corrected chi connectivity index (χ1v) is 7.28. The predicted molar refractivity (Wildman–Crippen MR) is 71.5 cm³/mol. The first-order valence-electron chi connectivity index (χ1n) is 7.28. The summed E-state index contributed by atoms with van der Waals surface area (Å²) in [5.74, 6) is 8.59. The van der Waals surface area contributed by atoms with Gasteiger partial charge in [-0.3, -0.25) is 16.0 Å². The molecule has 1 heterocycles. The molecule has 0 radical (unpaired) electrons. The molecule has 2 saturated carbocycles. The zero-order valence-electron chi connectivity index (χ0n) is 11.2. The van der Waals surface area contributed by atoms with Crippen LogP contribution in [0.3, 0.4) is 0 Å². The second-order valence-electron chi connectivity index (χ2n) is 6.02. The van der Waals surface area contributed by atoms with Gasteiger partial charge in [0.15, 0.2) is 0 Å². The van der Waals surface area contributed by atoms with Crippen LogP contribution in [0, 0.1) is 17.8 Å². The highest BCUT2D eigenvalue weighted by Crippen LogP contribution is 2.50. The fraction of sp³-hybridized carbons (Fsp3) is 0.786. The molecule has 100 valence electrons. The van der Waals surface area contributed by atoms with Crippen LogP contribution in [-0.4, -0.2) is 9.78 Å². The van der Waals surface area contributed by atoms with E-state index in [9.17, 15) is 0 Å². The van der Waals surface area contributed by atoms with Crippen LogP contribution in [0.5, 0.6) is 0 Å². The Balaban J connectivity index is 1.65. The SMILES string of the molecule is CCn1cc(C(CC2CC3CCC2C3)NN)cn1. The molecule has 1 aromatic rings. The van der Waals surface area contributed by atoms with Crippen molar-refractivity contribution in [2.45, 2.75) is 51.6 Å². The van der Waals surface area contributed by atoms with Crippen LogP contribution >= 0.6 is 0 Å². The van der Waals surface area contributed by atoms with Crippen LogP contribution in [0.1, 0.15) is 50.6 Å². The molecule has 0 saturated heterocycles. The third-order valence-corrected chi connectivity index (χ3v) is 5.00. The second kappa shape index (κ2) is 5.02. The first kappa shape index (κ1) is 12.2. The number of aromatic nitrogens is 2. The van der Waals surface area contributed by atoms with E-state index in [-0.39, 0.29) is 6.04 Å². The van der Waals surface area contributed by atoms with Gasteiger partial charge in [-0.15, -0.1) is 0 Å². The molecule has 0 amide bonds. The van der Waals surface area contributed by atoms with E-state index in [1.54, 1.807) is 0 Å². The average molecular weight is 248 g/mol. The molecule has 2 fully saturated rings. The summed E-state index contributed by atoms with van der Waals surface area (Å²) in [6.07, 6.45) is 11.1. The van der Waals surface area contributed by atoms with E-state index in [1.807, 2.05) is 10.9 Å². The summed E-state index contributed by atoms with van der Waals surface area (Å²) in [6.45, 7) is 3.03. The second-order valence-corrected chi connectivity index (χ2v) is 6.02. The molecule has 1 aromatic heterocycles. The molecule has 4 heteroatoms. The maximum absolute atomic E-state index is 5.74. The van der Waals surface area contributed by atoms with Crippen molar-refractivity contribution in [1.82, 2.24) is 15.2 Å². The number of rotatable bonds is 5. The van der Waals surface area contributed by atoms with Gasteiger partial charge in [-0.25, -0.2) is 0 Å². The lowest BCUT2D eigenvalue weighted by Gasteiger charge is -2.25. The number of aryl methyl sites for hydroxylation is 1. The normalized spacial score (nSPS) is 32.0. The lowest BCUT2D eigenvalue weighted by Crippen LogP contribution is -2.30. The Bertz CT molecular complexity index is 400. The highest BCUT2D eigenvalue weighted by Gasteiger charge is 2.40. The summed E-state index contributed by atoms with van der Waals surface area (Å²) in [5, 5.41) is 4.35. The Morgan fingerprint density at radius 3 is 2.94 bits per heavy atom. The summed E-state index contributed by atoms with van der Waals surface area (Å²) in [7, 11) is 0. The Labute approximate surface area is 109 Å². The van der Waals surface area contributed by atoms with Crippen molar-refractivity contribution in [2.75, 3.05) is 0 Å². The molecule has 3 rings (SSSR count). The van der Waals surface area contributed by atoms with E-state index >= 15 is 0 Å². The van der Waals surface area contributed by atoms with E-state index in [0.717, 1.165) is 24.3 Å². The zero-order chi connectivity index (χ0) is 12.5. The van der Waals surface area contributed by atoms with E-state index in [1.165, 1.54) is 37.7 Å². The lowest BCUT2D eigenvalue weighted by atomic mass is 9.83. The van der Waals surface area contributed by atoms with Gasteiger partial charge < -0.3 is 0 Å². The minimum absolute atomic E-state index is 0.273. The third kappa shape index (κ3) is 2.19. The lowest BCUT2D eigenvalue weighted by molar-refractivity contribution is 0.280. The maximum atomic E-state index is 5.74. The van der Waals surface area contributed by atoms with E-state index in [4.69, 9.17) is 5.84 Å². The van der Waals surface area contributed by atoms with Crippen LogP contribution in [0.15, 0.2) is 12.4 Å². The third-order valence-electron chi connectivity index (χ3n) is 5.00. The molecule has 4 nitrogen and oxygen atoms in total. The van der Waals surface area contributed by atoms with Crippen molar-refractivity contribution in [2.24, 2.45) is 23.6 Å². The van der Waals surface area contributed by atoms with Crippen molar-refractivity contribution in [3.63, 3.8) is 0 Å². The molecule has 3 N–H and O–H groups in total. The summed E-state index contributed by atoms with van der Waals surface area (Å²) >= 11 is 0. The molecule has 2 aliphatic carbocycles. The van der Waals surface area contributed by atoms with Gasteiger partial charge in [-0.05, 0) is 50.4 Å². The molecule has 0 aromatic carbocycles. The van der Waals surface area contributed by atoms with Gasteiger partial charge in [0, 0.05) is 24.3 Å². The van der Waals surface area contributed by atoms with E-state index < -0.39 is 0 Å². The molecule has 18 heavy (non-hydrogen) atoms. The molecule has 0 aliphatic heterocycles. The smallest absolute Gasteiger partial charge is 0.0538 e. The van der Waals surface area contributed by atoms with Gasteiger partial charge in [0.1, 0.15) is 0 Å². The van der Waals surface area contributed by atoms with Gasteiger partial charge >= 0.3 is 0 Å². The van der Waals surface area contributed by atoms with Gasteiger partial charge in [0.2, 0.25) is 0 Å². The fourth-order valence-electron chi connectivity index (χ4n) is 4.00. The molecule has 0 spiro atoms. The monoisotopic (exact) mass is 248 g/mol. The van der Waals surface area contributed by atoms with Crippen molar-refractivity contribution in [3.8, 4) is 0 Å². The van der Waals surface area contributed by atoms with Gasteiger partial charge in [-0.2, -0.15) is 5.10 Å². The number of nitrogens with zero attached hydrogens (tertiary/aromatic N) is 2. The minimum atomic E-state index is 0.273. The minimum Gasteiger partial charge on any atom is -0.273 e. The molecule has 2 bridgehead atoms. The van der Waals surface area contributed by atoms with Crippen molar-refractivity contribution in [3.05, 3.63) is 18.0 Å². The van der Waals surface area contributed by atoms with Gasteiger partial charge in [0.25, 0.3) is 0 Å². The van der Waals surface area contributed by atoms with E-state index in [0.29, 0.717) is 0 Å². The number of fused-ring (bicyclic) bond motifs is 2. The highest BCUT2D eigenvalue weighted by atomic mass is 15.3. The molecule has 4 atom stereocenters. The van der Waals surface area contributed by atoms with Crippen LogP contribution in [0.2, 0.25) is 0 Å². The fourth-order valence-corrected chi connectivity index (χ4v) is 4.00. The Hall–Kier alpha value is -0.870. The molecular weight excluding hydrogens is 224 g/mol. The van der Waals surface area contributed by atoms with Crippen molar-refractivity contribution < 1.29 is 0 Å². The molecule has 4 unspecified atom stereocenters.